The van der Waals surface area contributed by atoms with Crippen molar-refractivity contribution in [3.8, 4) is 0 Å². The number of nitrogens with zero attached hydrogens (tertiary/aromatic N) is 3. The second-order valence-electron chi connectivity index (χ2n) is 6.00. The lowest BCUT2D eigenvalue weighted by Crippen LogP contribution is -2.45. The fourth-order valence-electron chi connectivity index (χ4n) is 2.43. The van der Waals surface area contributed by atoms with Gasteiger partial charge in [0.25, 0.3) is 0 Å². The summed E-state index contributed by atoms with van der Waals surface area (Å²) in [6.07, 6.45) is 3.96. The molecule has 0 radical (unpaired) electrons. The summed E-state index contributed by atoms with van der Waals surface area (Å²) in [7, 11) is 3.92. The average Bonchev–Trinajstić information content (AvgIpc) is 3.12. The van der Waals surface area contributed by atoms with Gasteiger partial charge in [-0.15, -0.1) is 11.3 Å². The van der Waals surface area contributed by atoms with Crippen LogP contribution in [0.25, 0.3) is 0 Å². The third-order valence-electron chi connectivity index (χ3n) is 4.19. The molecule has 0 aliphatic heterocycles. The number of aryl methyl sites for hydroxylation is 1. The highest BCUT2D eigenvalue weighted by molar-refractivity contribution is 7.11. The molecule has 1 aromatic heterocycles. The number of benzene rings is 1. The van der Waals surface area contributed by atoms with Gasteiger partial charge >= 0.3 is 0 Å². The molecule has 0 spiro atoms. The lowest BCUT2D eigenvalue weighted by Gasteiger charge is -2.27. The van der Waals surface area contributed by atoms with Crippen molar-refractivity contribution in [1.29, 1.82) is 0 Å². The smallest absolute Gasteiger partial charge is 0.191 e. The fraction of sp³-hybridized carbons (Fsp3) is 0.474. The normalized spacial score (nSPS) is 12.7. The minimum Gasteiger partial charge on any atom is -0.370 e. The van der Waals surface area contributed by atoms with Crippen molar-refractivity contribution in [2.45, 2.75) is 32.7 Å². The first-order chi connectivity index (χ1) is 12.1. The van der Waals surface area contributed by atoms with Crippen LogP contribution in [0.4, 0.5) is 5.69 Å². The van der Waals surface area contributed by atoms with Crippen LogP contribution in [-0.2, 0) is 12.8 Å². The van der Waals surface area contributed by atoms with Crippen LogP contribution in [0.5, 0.6) is 0 Å². The zero-order valence-corrected chi connectivity index (χ0v) is 16.4. The minimum atomic E-state index is 0.354. The molecular weight excluding hydrogens is 330 g/mol. The number of hydrogen-bond donors (Lipinski definition) is 2. The highest BCUT2D eigenvalue weighted by Crippen LogP contribution is 2.14. The van der Waals surface area contributed by atoms with Gasteiger partial charge < -0.3 is 15.5 Å². The lowest BCUT2D eigenvalue weighted by atomic mass is 10.2. The van der Waals surface area contributed by atoms with Crippen molar-refractivity contribution in [2.75, 3.05) is 32.1 Å². The Morgan fingerprint density at radius 1 is 1.28 bits per heavy atom. The summed E-state index contributed by atoms with van der Waals surface area (Å²) < 4.78 is 0. The van der Waals surface area contributed by atoms with Gasteiger partial charge in [-0.2, -0.15) is 0 Å². The van der Waals surface area contributed by atoms with Gasteiger partial charge in [-0.1, -0.05) is 25.1 Å². The number of guanidine groups is 1. The molecule has 1 heterocycles. The van der Waals surface area contributed by atoms with E-state index >= 15 is 0 Å². The Morgan fingerprint density at radius 2 is 2.04 bits per heavy atom. The molecule has 0 amide bonds. The Balaban J connectivity index is 1.74. The van der Waals surface area contributed by atoms with Gasteiger partial charge in [-0.25, -0.2) is 4.98 Å². The van der Waals surface area contributed by atoms with E-state index in [4.69, 9.17) is 0 Å². The Labute approximate surface area is 155 Å². The summed E-state index contributed by atoms with van der Waals surface area (Å²) in [4.78, 5) is 12.4. The highest BCUT2D eigenvalue weighted by Gasteiger charge is 2.10. The van der Waals surface area contributed by atoms with Crippen LogP contribution in [0, 0.1) is 0 Å². The molecule has 136 valence electrons. The molecule has 0 aliphatic carbocycles. The molecule has 0 saturated heterocycles. The third kappa shape index (κ3) is 6.05. The largest absolute Gasteiger partial charge is 0.370 e. The zero-order valence-electron chi connectivity index (χ0n) is 15.6. The van der Waals surface area contributed by atoms with Crippen molar-refractivity contribution in [3.63, 3.8) is 0 Å². The van der Waals surface area contributed by atoms with E-state index in [0.29, 0.717) is 6.04 Å². The molecule has 0 aliphatic rings. The number of hydrogen-bond acceptors (Lipinski definition) is 4. The van der Waals surface area contributed by atoms with Crippen LogP contribution in [0.3, 0.4) is 0 Å². The number of anilines is 1. The molecule has 2 rings (SSSR count). The summed E-state index contributed by atoms with van der Waals surface area (Å²) >= 11 is 1.79. The number of likely N-dealkylation sites (N-methyl/N-ethyl adjacent to an activating group) is 1. The van der Waals surface area contributed by atoms with Gasteiger partial charge in [0.15, 0.2) is 5.96 Å². The fourth-order valence-corrected chi connectivity index (χ4v) is 3.30. The summed E-state index contributed by atoms with van der Waals surface area (Å²) in [6.45, 7) is 6.02. The number of aromatic nitrogens is 1. The molecule has 0 fully saturated rings. The molecule has 0 bridgehead atoms. The second kappa shape index (κ2) is 10.0. The van der Waals surface area contributed by atoms with E-state index in [-0.39, 0.29) is 0 Å². The molecule has 1 atom stereocenters. The van der Waals surface area contributed by atoms with Gasteiger partial charge in [0.05, 0.1) is 5.01 Å². The predicted molar refractivity (Wildman–Crippen MR) is 109 cm³/mol. The number of para-hydroxylation sites is 1. The lowest BCUT2D eigenvalue weighted by molar-refractivity contribution is 0.648. The number of nitrogens with one attached hydrogen (secondary N) is 2. The topological polar surface area (TPSA) is 52.6 Å². The van der Waals surface area contributed by atoms with Gasteiger partial charge in [-0.05, 0) is 25.5 Å². The van der Waals surface area contributed by atoms with Crippen LogP contribution >= 0.6 is 11.3 Å². The Kier molecular flexibility index (Phi) is 7.73. The molecule has 5 nitrogen and oxygen atoms in total. The minimum absolute atomic E-state index is 0.354. The maximum atomic E-state index is 4.45. The maximum absolute atomic E-state index is 4.45. The summed E-state index contributed by atoms with van der Waals surface area (Å²) in [5.74, 6) is 0.834. The van der Waals surface area contributed by atoms with E-state index in [1.165, 1.54) is 15.6 Å². The van der Waals surface area contributed by atoms with Crippen molar-refractivity contribution in [3.05, 3.63) is 46.4 Å². The van der Waals surface area contributed by atoms with E-state index < -0.39 is 0 Å². The van der Waals surface area contributed by atoms with E-state index in [1.54, 1.807) is 18.4 Å². The molecule has 6 heteroatoms. The first-order valence-electron chi connectivity index (χ1n) is 8.80. The van der Waals surface area contributed by atoms with Gasteiger partial charge in [-0.3, -0.25) is 4.99 Å². The Morgan fingerprint density at radius 3 is 2.68 bits per heavy atom. The van der Waals surface area contributed by atoms with Crippen LogP contribution in [0.1, 0.15) is 23.7 Å². The summed E-state index contributed by atoms with van der Waals surface area (Å²) in [5, 5.41) is 7.95. The summed E-state index contributed by atoms with van der Waals surface area (Å²) in [6, 6.07) is 10.8. The van der Waals surface area contributed by atoms with Crippen LogP contribution in [0.2, 0.25) is 0 Å². The van der Waals surface area contributed by atoms with Crippen molar-refractivity contribution in [2.24, 2.45) is 4.99 Å². The number of thiazole rings is 1. The Bertz CT molecular complexity index is 653. The van der Waals surface area contributed by atoms with Crippen LogP contribution in [-0.4, -0.2) is 44.2 Å². The standard InChI is InChI=1S/C19H29N5S/c1-5-17-14-22-18(25-17)11-12-21-19(20-3)23-13-15(2)24(4)16-9-7-6-8-10-16/h6-10,14-15H,5,11-13H2,1-4H3,(H2,20,21,23). The Hall–Kier alpha value is -2.08. The number of rotatable bonds is 8. The van der Waals surface area contributed by atoms with Crippen molar-refractivity contribution >= 4 is 23.0 Å². The molecule has 2 N–H and O–H groups in total. The monoisotopic (exact) mass is 359 g/mol. The van der Waals surface area contributed by atoms with Crippen molar-refractivity contribution < 1.29 is 0 Å². The van der Waals surface area contributed by atoms with Crippen LogP contribution in [0.15, 0.2) is 41.5 Å². The van der Waals surface area contributed by atoms with Crippen LogP contribution < -0.4 is 15.5 Å². The van der Waals surface area contributed by atoms with E-state index in [9.17, 15) is 0 Å². The van der Waals surface area contributed by atoms with Gasteiger partial charge in [0, 0.05) is 56.4 Å². The first kappa shape index (κ1) is 19.2. The SMILES string of the molecule is CCc1cnc(CCNC(=NC)NCC(C)N(C)c2ccccc2)s1. The van der Waals surface area contributed by atoms with E-state index in [2.05, 4.69) is 70.7 Å². The molecule has 1 unspecified atom stereocenters. The highest BCUT2D eigenvalue weighted by atomic mass is 32.1. The van der Waals surface area contributed by atoms with Crippen molar-refractivity contribution in [1.82, 2.24) is 15.6 Å². The third-order valence-corrected chi connectivity index (χ3v) is 5.40. The average molecular weight is 360 g/mol. The van der Waals surface area contributed by atoms with E-state index in [1.807, 2.05) is 12.3 Å². The second-order valence-corrected chi connectivity index (χ2v) is 7.20. The predicted octanol–water partition coefficient (Wildman–Crippen LogP) is 2.94. The van der Waals surface area contributed by atoms with Gasteiger partial charge in [0.1, 0.15) is 0 Å². The first-order valence-corrected chi connectivity index (χ1v) is 9.61. The number of aliphatic imine (C=N–C) groups is 1. The maximum Gasteiger partial charge on any atom is 0.191 e. The molecule has 0 saturated carbocycles. The zero-order chi connectivity index (χ0) is 18.1. The molecule has 25 heavy (non-hydrogen) atoms. The van der Waals surface area contributed by atoms with Gasteiger partial charge in [0.2, 0.25) is 0 Å². The molecular formula is C19H29N5S. The molecule has 1 aromatic carbocycles. The molecule has 2 aromatic rings. The quantitative estimate of drug-likeness (QED) is 0.562. The van der Waals surface area contributed by atoms with E-state index in [0.717, 1.165) is 31.9 Å². The summed E-state index contributed by atoms with van der Waals surface area (Å²) in [5.41, 5.74) is 1.22.